The number of hydrogen-bond acceptors (Lipinski definition) is 4. The summed E-state index contributed by atoms with van der Waals surface area (Å²) in [6.45, 7) is 5.54. The van der Waals surface area contributed by atoms with E-state index in [9.17, 15) is 0 Å². The van der Waals surface area contributed by atoms with Crippen LogP contribution in [0.15, 0.2) is 23.7 Å². The lowest BCUT2D eigenvalue weighted by Crippen LogP contribution is -2.37. The first kappa shape index (κ1) is 20.3. The first-order chi connectivity index (χ1) is 10.5. The predicted molar refractivity (Wildman–Crippen MR) is 88.4 cm³/mol. The van der Waals surface area contributed by atoms with E-state index in [-0.39, 0.29) is 0 Å². The molecule has 1 rings (SSSR count). The molecule has 0 aliphatic heterocycles. The third-order valence-corrected chi connectivity index (χ3v) is 2.70. The van der Waals surface area contributed by atoms with Crippen LogP contribution in [0, 0.1) is 0 Å². The maximum atomic E-state index is 7.97. The van der Waals surface area contributed by atoms with E-state index in [4.69, 9.17) is 10.3 Å². The highest BCUT2D eigenvalue weighted by Crippen LogP contribution is 1.92. The summed E-state index contributed by atoms with van der Waals surface area (Å²) in [4.78, 5) is 10.5. The van der Waals surface area contributed by atoms with Crippen molar-refractivity contribution in [3.8, 4) is 0 Å². The average molecular weight is 309 g/mol. The van der Waals surface area contributed by atoms with Gasteiger partial charge in [0.1, 0.15) is 6.54 Å². The molecule has 0 bridgehead atoms. The monoisotopic (exact) mass is 309 g/mol. The lowest BCUT2D eigenvalue weighted by atomic mass is 10.3. The van der Waals surface area contributed by atoms with Crippen molar-refractivity contribution in [2.24, 2.45) is 5.11 Å². The van der Waals surface area contributed by atoms with Gasteiger partial charge < -0.3 is 9.22 Å². The highest BCUT2D eigenvalue weighted by Gasteiger charge is 2.04. The van der Waals surface area contributed by atoms with E-state index in [1.807, 2.05) is 0 Å². The van der Waals surface area contributed by atoms with E-state index in [1.54, 1.807) is 18.6 Å². The van der Waals surface area contributed by atoms with Crippen LogP contribution in [0.3, 0.4) is 0 Å². The first-order valence-corrected chi connectivity index (χ1v) is 7.63. The van der Waals surface area contributed by atoms with Crippen LogP contribution in [-0.2, 0) is 11.2 Å². The summed E-state index contributed by atoms with van der Waals surface area (Å²) < 4.78 is 6.43. The normalized spacial score (nSPS) is 10.4. The molecule has 0 saturated carbocycles. The maximum Gasteiger partial charge on any atom is 0.102 e. The number of rotatable bonds is 9. The third kappa shape index (κ3) is 14.7. The quantitative estimate of drug-likeness (QED) is 0.231. The van der Waals surface area contributed by atoms with E-state index < -0.39 is 0 Å². The summed E-state index contributed by atoms with van der Waals surface area (Å²) in [5, 5.41) is 3.38. The second-order valence-electron chi connectivity index (χ2n) is 5.88. The van der Waals surface area contributed by atoms with Crippen molar-refractivity contribution in [1.82, 2.24) is 9.97 Å². The van der Waals surface area contributed by atoms with Crippen molar-refractivity contribution < 1.29 is 9.22 Å². The van der Waals surface area contributed by atoms with Gasteiger partial charge in [-0.1, -0.05) is 18.5 Å². The van der Waals surface area contributed by atoms with Gasteiger partial charge in [-0.25, -0.2) is 0 Å². The van der Waals surface area contributed by atoms with E-state index in [1.165, 1.54) is 12.8 Å². The van der Waals surface area contributed by atoms with Gasteiger partial charge >= 0.3 is 0 Å². The Morgan fingerprint density at radius 1 is 1.27 bits per heavy atom. The van der Waals surface area contributed by atoms with Crippen molar-refractivity contribution in [2.75, 3.05) is 47.4 Å². The fourth-order valence-corrected chi connectivity index (χ4v) is 1.36. The van der Waals surface area contributed by atoms with Crippen molar-refractivity contribution >= 4 is 0 Å². The molecular weight excluding hydrogens is 280 g/mol. The topological polar surface area (TPSA) is 83.8 Å². The third-order valence-electron chi connectivity index (χ3n) is 2.70. The molecule has 0 spiro atoms. The fraction of sp³-hybridized carbons (Fsp3) is 0.733. The Bertz CT molecular complexity index is 412. The smallest absolute Gasteiger partial charge is 0.102 e. The van der Waals surface area contributed by atoms with Crippen molar-refractivity contribution in [1.29, 1.82) is 0 Å². The summed E-state index contributed by atoms with van der Waals surface area (Å²) in [5.41, 5.74) is 8.81. The van der Waals surface area contributed by atoms with Crippen LogP contribution in [0.25, 0.3) is 10.4 Å². The highest BCUT2D eigenvalue weighted by molar-refractivity contribution is 4.94. The van der Waals surface area contributed by atoms with Crippen molar-refractivity contribution in [3.05, 3.63) is 34.7 Å². The molecule has 0 aliphatic rings. The molecule has 0 N–H and O–H groups in total. The molecule has 1 heterocycles. The second-order valence-corrected chi connectivity index (χ2v) is 5.88. The number of unbranched alkanes of at least 4 members (excludes halogenated alkanes) is 1. The summed E-state index contributed by atoms with van der Waals surface area (Å²) in [6.07, 6.45) is 7.95. The van der Waals surface area contributed by atoms with E-state index in [2.05, 4.69) is 48.1 Å². The highest BCUT2D eigenvalue weighted by atomic mass is 16.5. The number of aromatic nitrogens is 2. The molecule has 1 aromatic rings. The Balaban J connectivity index is 0.000000401. The van der Waals surface area contributed by atoms with Gasteiger partial charge in [0.25, 0.3) is 0 Å². The van der Waals surface area contributed by atoms with E-state index in [0.717, 1.165) is 29.9 Å². The Hall–Kier alpha value is -1.69. The number of nitrogens with zero attached hydrogens (tertiary/aromatic N) is 6. The maximum absolute atomic E-state index is 7.97. The Labute approximate surface area is 133 Å². The molecule has 0 unspecified atom stereocenters. The fourth-order valence-electron chi connectivity index (χ4n) is 1.36. The van der Waals surface area contributed by atoms with E-state index >= 15 is 0 Å². The molecule has 0 fully saturated rings. The zero-order chi connectivity index (χ0) is 16.7. The number of quaternary nitrogens is 1. The number of azide groups is 1. The largest absolute Gasteiger partial charge is 0.376 e. The Kier molecular flexibility index (Phi) is 12.0. The molecular formula is C15H29N6O+. The van der Waals surface area contributed by atoms with Crippen LogP contribution in [-0.4, -0.2) is 61.9 Å². The molecule has 124 valence electrons. The molecule has 0 amide bonds. The second kappa shape index (κ2) is 13.0. The van der Waals surface area contributed by atoms with Gasteiger partial charge in [0.15, 0.2) is 0 Å². The molecule has 0 radical (unpaired) electrons. The van der Waals surface area contributed by atoms with Gasteiger partial charge in [0, 0.05) is 36.7 Å². The molecule has 0 atom stereocenters. The summed E-state index contributed by atoms with van der Waals surface area (Å²) in [5.74, 6) is 0. The van der Waals surface area contributed by atoms with Crippen LogP contribution in [0.5, 0.6) is 0 Å². The lowest BCUT2D eigenvalue weighted by Gasteiger charge is -2.23. The minimum atomic E-state index is 0.440. The molecule has 7 nitrogen and oxygen atoms in total. The van der Waals surface area contributed by atoms with Crippen molar-refractivity contribution in [2.45, 2.75) is 26.2 Å². The van der Waals surface area contributed by atoms with Gasteiger partial charge in [-0.15, -0.1) is 0 Å². The molecule has 0 aliphatic carbocycles. The van der Waals surface area contributed by atoms with Crippen LogP contribution in [0.1, 0.15) is 25.5 Å². The van der Waals surface area contributed by atoms with Crippen LogP contribution in [0.2, 0.25) is 0 Å². The predicted octanol–water partition coefficient (Wildman–Crippen LogP) is 2.84. The SMILES string of the molecule is CCCCOCC[N+](C)(C)C.[N-]=[N+]=NCCc1cnccn1. The Morgan fingerprint density at radius 2 is 2.05 bits per heavy atom. The van der Waals surface area contributed by atoms with Crippen LogP contribution < -0.4 is 0 Å². The van der Waals surface area contributed by atoms with Gasteiger partial charge in [0.2, 0.25) is 0 Å². The van der Waals surface area contributed by atoms with Gasteiger partial charge in [0.05, 0.1) is 33.4 Å². The zero-order valence-electron chi connectivity index (χ0n) is 14.3. The van der Waals surface area contributed by atoms with E-state index in [0.29, 0.717) is 13.0 Å². The van der Waals surface area contributed by atoms with Crippen molar-refractivity contribution in [3.63, 3.8) is 0 Å². The molecule has 0 saturated heterocycles. The summed E-state index contributed by atoms with van der Waals surface area (Å²) in [6, 6.07) is 0. The summed E-state index contributed by atoms with van der Waals surface area (Å²) >= 11 is 0. The minimum absolute atomic E-state index is 0.440. The molecule has 1 aromatic heterocycles. The molecule has 0 aromatic carbocycles. The molecule has 7 heteroatoms. The lowest BCUT2D eigenvalue weighted by molar-refractivity contribution is -0.870. The van der Waals surface area contributed by atoms with Gasteiger partial charge in [-0.2, -0.15) is 0 Å². The Morgan fingerprint density at radius 3 is 2.59 bits per heavy atom. The number of ether oxygens (including phenoxy) is 1. The standard InChI is InChI=1S/C9H22NO.C6H7N5/c1-5-6-8-11-9-7-10(2,3)4;7-11-10-2-1-6-5-8-3-4-9-6/h5-9H2,1-4H3;3-5H,1-2H2/q+1;. The van der Waals surface area contributed by atoms with Crippen LogP contribution in [0.4, 0.5) is 0 Å². The first-order valence-electron chi connectivity index (χ1n) is 7.63. The number of hydrogen-bond donors (Lipinski definition) is 0. The van der Waals surface area contributed by atoms with Gasteiger partial charge in [-0.05, 0) is 18.4 Å². The minimum Gasteiger partial charge on any atom is -0.376 e. The van der Waals surface area contributed by atoms with Gasteiger partial charge in [-0.3, -0.25) is 9.97 Å². The van der Waals surface area contributed by atoms with Crippen LogP contribution >= 0.6 is 0 Å². The number of likely N-dealkylation sites (N-methyl/N-ethyl adjacent to an activating group) is 1. The zero-order valence-corrected chi connectivity index (χ0v) is 14.3. The summed E-state index contributed by atoms with van der Waals surface area (Å²) in [7, 11) is 6.55. The average Bonchev–Trinajstić information content (AvgIpc) is 2.48. The molecule has 22 heavy (non-hydrogen) atoms.